The van der Waals surface area contributed by atoms with Crippen LogP contribution in [0.2, 0.25) is 0 Å². The molecule has 2 atom stereocenters. The highest BCUT2D eigenvalue weighted by molar-refractivity contribution is 5.86. The second kappa shape index (κ2) is 6.16. The maximum Gasteiger partial charge on any atom is 0.245 e. The summed E-state index contributed by atoms with van der Waals surface area (Å²) in [6.07, 6.45) is 4.27. The molecule has 1 saturated carbocycles. The van der Waals surface area contributed by atoms with Crippen LogP contribution in [0.1, 0.15) is 50.6 Å². The molecule has 1 amide bonds. The van der Waals surface area contributed by atoms with Crippen LogP contribution in [-0.4, -0.2) is 34.2 Å². The number of aliphatic hydroxyl groups is 1. The molecule has 1 saturated heterocycles. The smallest absolute Gasteiger partial charge is 0.245 e. The molecule has 2 fully saturated rings. The summed E-state index contributed by atoms with van der Waals surface area (Å²) in [5.41, 5.74) is 1.04. The fourth-order valence-corrected chi connectivity index (χ4v) is 3.62. The largest absolute Gasteiger partial charge is 0.393 e. The lowest BCUT2D eigenvalue weighted by Crippen LogP contribution is -2.46. The average molecular weight is 288 g/mol. The first kappa shape index (κ1) is 14.5. The Morgan fingerprint density at radius 2 is 1.86 bits per heavy atom. The van der Waals surface area contributed by atoms with Crippen molar-refractivity contribution >= 4 is 5.91 Å². The van der Waals surface area contributed by atoms with E-state index in [-0.39, 0.29) is 30.3 Å². The van der Waals surface area contributed by atoms with Crippen molar-refractivity contribution in [1.82, 2.24) is 10.2 Å². The Kier molecular flexibility index (Phi) is 4.27. The van der Waals surface area contributed by atoms with Crippen molar-refractivity contribution in [3.05, 3.63) is 35.9 Å². The number of nitrogens with zero attached hydrogens (tertiary/aromatic N) is 1. The van der Waals surface area contributed by atoms with Gasteiger partial charge in [-0.1, -0.05) is 37.3 Å². The quantitative estimate of drug-likeness (QED) is 0.896. The fraction of sp³-hybridized carbons (Fsp3) is 0.588. The summed E-state index contributed by atoms with van der Waals surface area (Å²) in [6, 6.07) is 10.00. The van der Waals surface area contributed by atoms with Crippen LogP contribution in [0.25, 0.3) is 0 Å². The number of amides is 1. The Labute approximate surface area is 126 Å². The number of rotatable bonds is 3. The first-order valence-electron chi connectivity index (χ1n) is 8.02. The predicted octanol–water partition coefficient (Wildman–Crippen LogP) is 2.20. The van der Waals surface area contributed by atoms with Crippen LogP contribution < -0.4 is 5.32 Å². The Balaban J connectivity index is 1.79. The second-order valence-electron chi connectivity index (χ2n) is 6.14. The molecular formula is C17H24N2O2. The van der Waals surface area contributed by atoms with Crippen molar-refractivity contribution in [3.8, 4) is 0 Å². The molecule has 0 spiro atoms. The first-order valence-corrected chi connectivity index (χ1v) is 8.02. The van der Waals surface area contributed by atoms with Gasteiger partial charge in [0, 0.05) is 6.04 Å². The third-order valence-corrected chi connectivity index (χ3v) is 4.78. The van der Waals surface area contributed by atoms with Gasteiger partial charge < -0.3 is 10.0 Å². The molecule has 2 N–H and O–H groups in total. The molecule has 114 valence electrons. The van der Waals surface area contributed by atoms with Gasteiger partial charge in [-0.2, -0.15) is 0 Å². The van der Waals surface area contributed by atoms with E-state index in [1.54, 1.807) is 0 Å². The summed E-state index contributed by atoms with van der Waals surface area (Å²) in [7, 11) is 0. The van der Waals surface area contributed by atoms with Crippen LogP contribution in [0.4, 0.5) is 0 Å². The number of hydrogen-bond donors (Lipinski definition) is 2. The van der Waals surface area contributed by atoms with Crippen molar-refractivity contribution in [2.24, 2.45) is 0 Å². The third-order valence-electron chi connectivity index (χ3n) is 4.78. The van der Waals surface area contributed by atoms with Crippen LogP contribution in [-0.2, 0) is 4.79 Å². The van der Waals surface area contributed by atoms with E-state index in [0.717, 1.165) is 37.7 Å². The number of hydrogen-bond acceptors (Lipinski definition) is 3. The molecule has 0 aromatic heterocycles. The van der Waals surface area contributed by atoms with E-state index in [0.29, 0.717) is 0 Å². The van der Waals surface area contributed by atoms with Crippen molar-refractivity contribution < 1.29 is 9.90 Å². The van der Waals surface area contributed by atoms with Gasteiger partial charge in [0.1, 0.15) is 6.04 Å². The van der Waals surface area contributed by atoms with Gasteiger partial charge in [0.25, 0.3) is 0 Å². The molecule has 2 aliphatic rings. The lowest BCUT2D eigenvalue weighted by atomic mass is 9.91. The summed E-state index contributed by atoms with van der Waals surface area (Å²) in [5.74, 6) is 0.189. The molecule has 2 unspecified atom stereocenters. The maximum atomic E-state index is 12.9. The molecule has 4 heteroatoms. The number of benzene rings is 1. The number of carbonyl (C=O) groups is 1. The van der Waals surface area contributed by atoms with Gasteiger partial charge in [0.05, 0.1) is 12.3 Å². The van der Waals surface area contributed by atoms with Gasteiger partial charge in [0.15, 0.2) is 0 Å². The van der Waals surface area contributed by atoms with E-state index in [2.05, 4.69) is 12.2 Å². The van der Waals surface area contributed by atoms with E-state index in [1.807, 2.05) is 35.2 Å². The Morgan fingerprint density at radius 1 is 1.19 bits per heavy atom. The van der Waals surface area contributed by atoms with Crippen LogP contribution >= 0.6 is 0 Å². The molecule has 0 bridgehead atoms. The molecule has 1 aliphatic carbocycles. The zero-order valence-electron chi connectivity index (χ0n) is 12.5. The van der Waals surface area contributed by atoms with E-state index >= 15 is 0 Å². The molecule has 1 aromatic rings. The summed E-state index contributed by atoms with van der Waals surface area (Å²) >= 11 is 0. The number of aliphatic hydroxyl groups excluding tert-OH is 1. The zero-order valence-corrected chi connectivity index (χ0v) is 12.5. The Bertz CT molecular complexity index is 483. The summed E-state index contributed by atoms with van der Waals surface area (Å²) in [5, 5.41) is 13.1. The normalized spacial score (nSPS) is 33.4. The minimum Gasteiger partial charge on any atom is -0.393 e. The fourth-order valence-electron chi connectivity index (χ4n) is 3.62. The minimum atomic E-state index is -0.219. The summed E-state index contributed by atoms with van der Waals surface area (Å²) in [4.78, 5) is 14.9. The van der Waals surface area contributed by atoms with E-state index < -0.39 is 0 Å². The monoisotopic (exact) mass is 288 g/mol. The zero-order chi connectivity index (χ0) is 14.8. The number of nitrogens with one attached hydrogen (secondary N) is 1. The van der Waals surface area contributed by atoms with Crippen LogP contribution in [0, 0.1) is 0 Å². The minimum absolute atomic E-state index is 0.114. The molecule has 1 aromatic carbocycles. The van der Waals surface area contributed by atoms with E-state index in [9.17, 15) is 9.90 Å². The van der Waals surface area contributed by atoms with E-state index in [1.165, 1.54) is 0 Å². The van der Waals surface area contributed by atoms with E-state index in [4.69, 9.17) is 0 Å². The van der Waals surface area contributed by atoms with Crippen LogP contribution in [0.3, 0.4) is 0 Å². The van der Waals surface area contributed by atoms with Crippen molar-refractivity contribution in [2.75, 3.05) is 0 Å². The lowest BCUT2D eigenvalue weighted by molar-refractivity contribution is -0.133. The summed E-state index contributed by atoms with van der Waals surface area (Å²) in [6.45, 7) is 2.11. The molecule has 3 rings (SSSR count). The van der Waals surface area contributed by atoms with Gasteiger partial charge in [0.2, 0.25) is 5.91 Å². The summed E-state index contributed by atoms with van der Waals surface area (Å²) < 4.78 is 0. The molecule has 1 heterocycles. The predicted molar refractivity (Wildman–Crippen MR) is 81.5 cm³/mol. The molecular weight excluding hydrogens is 264 g/mol. The van der Waals surface area contributed by atoms with Crippen LogP contribution in [0.15, 0.2) is 30.3 Å². The highest BCUT2D eigenvalue weighted by atomic mass is 16.3. The SMILES string of the molecule is CCC1NC(c2ccccc2)C(=O)N1C1CCC(O)CC1. The Hall–Kier alpha value is -1.39. The highest BCUT2D eigenvalue weighted by Crippen LogP contribution is 2.32. The Morgan fingerprint density at radius 3 is 2.48 bits per heavy atom. The van der Waals surface area contributed by atoms with Crippen molar-refractivity contribution in [3.63, 3.8) is 0 Å². The third kappa shape index (κ3) is 2.83. The first-order chi connectivity index (χ1) is 10.2. The maximum absolute atomic E-state index is 12.9. The van der Waals surface area contributed by atoms with Gasteiger partial charge in [-0.3, -0.25) is 10.1 Å². The highest BCUT2D eigenvalue weighted by Gasteiger charge is 2.42. The molecule has 4 nitrogen and oxygen atoms in total. The lowest BCUT2D eigenvalue weighted by Gasteiger charge is -2.36. The van der Waals surface area contributed by atoms with Crippen molar-refractivity contribution in [1.29, 1.82) is 0 Å². The molecule has 0 radical (unpaired) electrons. The molecule has 21 heavy (non-hydrogen) atoms. The van der Waals surface area contributed by atoms with Gasteiger partial charge in [-0.05, 0) is 37.7 Å². The number of carbonyl (C=O) groups excluding carboxylic acids is 1. The van der Waals surface area contributed by atoms with Gasteiger partial charge >= 0.3 is 0 Å². The average Bonchev–Trinajstić information content (AvgIpc) is 2.86. The standard InChI is InChI=1S/C17H24N2O2/c1-2-15-18-16(12-6-4-3-5-7-12)17(21)19(15)13-8-10-14(20)11-9-13/h3-7,13-16,18,20H,2,8-11H2,1H3. The topological polar surface area (TPSA) is 52.6 Å². The molecule has 1 aliphatic heterocycles. The van der Waals surface area contributed by atoms with Crippen molar-refractivity contribution in [2.45, 2.75) is 63.4 Å². The van der Waals surface area contributed by atoms with Gasteiger partial charge in [-0.25, -0.2) is 0 Å². The van der Waals surface area contributed by atoms with Gasteiger partial charge in [-0.15, -0.1) is 0 Å². The second-order valence-corrected chi connectivity index (χ2v) is 6.14. The van der Waals surface area contributed by atoms with Crippen LogP contribution in [0.5, 0.6) is 0 Å².